The van der Waals surface area contributed by atoms with Gasteiger partial charge >= 0.3 is 5.97 Å². The molecule has 0 spiro atoms. The van der Waals surface area contributed by atoms with Crippen molar-refractivity contribution in [2.75, 3.05) is 6.61 Å². The van der Waals surface area contributed by atoms with Gasteiger partial charge in [-0.05, 0) is 44.2 Å². The Kier molecular flexibility index (Phi) is 4.48. The van der Waals surface area contributed by atoms with E-state index in [2.05, 4.69) is 10.2 Å². The topological polar surface area (TPSA) is 55.0 Å². The highest BCUT2D eigenvalue weighted by atomic mass is 35.5. The van der Waals surface area contributed by atoms with Gasteiger partial charge in [-0.2, -0.15) is 5.10 Å². The van der Waals surface area contributed by atoms with Gasteiger partial charge in [-0.1, -0.05) is 29.8 Å². The molecule has 0 amide bonds. The van der Waals surface area contributed by atoms with Crippen molar-refractivity contribution in [2.45, 2.75) is 38.5 Å². The molecule has 1 N–H and O–H groups in total. The van der Waals surface area contributed by atoms with Crippen molar-refractivity contribution in [3.63, 3.8) is 0 Å². The summed E-state index contributed by atoms with van der Waals surface area (Å²) >= 11 is 6.19. The maximum Gasteiger partial charge on any atom is 0.341 e. The first-order chi connectivity index (χ1) is 10.7. The molecule has 1 aliphatic carbocycles. The molecule has 0 aliphatic heterocycles. The minimum Gasteiger partial charge on any atom is -0.462 e. The number of carbonyl (C=O) groups excluding carboxylic acids is 1. The third-order valence-electron chi connectivity index (χ3n) is 3.92. The van der Waals surface area contributed by atoms with Crippen LogP contribution in [0.1, 0.15) is 53.0 Å². The number of hydrogen-bond donors (Lipinski definition) is 1. The Morgan fingerprint density at radius 1 is 1.36 bits per heavy atom. The molecular formula is C17H19ClN2O2. The van der Waals surface area contributed by atoms with Crippen molar-refractivity contribution >= 4 is 17.6 Å². The number of benzene rings is 1. The highest BCUT2D eigenvalue weighted by Crippen LogP contribution is 2.41. The quantitative estimate of drug-likeness (QED) is 0.822. The molecule has 0 radical (unpaired) electrons. The van der Waals surface area contributed by atoms with E-state index in [0.29, 0.717) is 24.5 Å². The lowest BCUT2D eigenvalue weighted by atomic mass is 10.0. The first-order valence-electron chi connectivity index (χ1n) is 7.68. The molecule has 1 aromatic heterocycles. The molecule has 1 aromatic carbocycles. The van der Waals surface area contributed by atoms with Crippen molar-refractivity contribution in [2.24, 2.45) is 0 Å². The van der Waals surface area contributed by atoms with E-state index in [1.165, 1.54) is 0 Å². The van der Waals surface area contributed by atoms with Crippen molar-refractivity contribution in [3.8, 4) is 0 Å². The van der Waals surface area contributed by atoms with Gasteiger partial charge in [-0.15, -0.1) is 0 Å². The second-order valence-electron chi connectivity index (χ2n) is 5.55. The lowest BCUT2D eigenvalue weighted by Crippen LogP contribution is -2.10. The number of carbonyl (C=O) groups is 1. The van der Waals surface area contributed by atoms with E-state index in [1.54, 1.807) is 0 Å². The largest absolute Gasteiger partial charge is 0.462 e. The zero-order valence-electron chi connectivity index (χ0n) is 12.6. The summed E-state index contributed by atoms with van der Waals surface area (Å²) in [6.45, 7) is 2.19. The molecule has 0 atom stereocenters. The standard InChI is InChI=1S/C17H19ClN2O2/c1-2-22-17(21)15-14(19-20-16(15)12-7-8-12)10-9-11-5-3-4-6-13(11)18/h3-6,12H,2,7-10H2,1H3,(H,19,20). The van der Waals surface area contributed by atoms with Crippen LogP contribution in [0.4, 0.5) is 0 Å². The summed E-state index contributed by atoms with van der Waals surface area (Å²) in [6, 6.07) is 7.77. The number of H-pyrrole nitrogens is 1. The average Bonchev–Trinajstić information content (AvgIpc) is 3.27. The van der Waals surface area contributed by atoms with Crippen LogP contribution in [-0.4, -0.2) is 22.8 Å². The lowest BCUT2D eigenvalue weighted by molar-refractivity contribution is 0.0524. The molecular weight excluding hydrogens is 300 g/mol. The zero-order valence-corrected chi connectivity index (χ0v) is 13.3. The molecule has 22 heavy (non-hydrogen) atoms. The molecule has 116 valence electrons. The Hall–Kier alpha value is -1.81. The number of nitrogens with zero attached hydrogens (tertiary/aromatic N) is 1. The SMILES string of the molecule is CCOC(=O)c1c(C2CC2)n[nH]c1CCc1ccccc1Cl. The van der Waals surface area contributed by atoms with Crippen LogP contribution in [0.3, 0.4) is 0 Å². The number of rotatable bonds is 6. The van der Waals surface area contributed by atoms with Crippen molar-refractivity contribution in [1.29, 1.82) is 0 Å². The number of hydrogen-bond acceptors (Lipinski definition) is 3. The summed E-state index contributed by atoms with van der Waals surface area (Å²) in [4.78, 5) is 12.2. The first-order valence-corrected chi connectivity index (χ1v) is 8.06. The maximum absolute atomic E-state index is 12.2. The van der Waals surface area contributed by atoms with Crippen molar-refractivity contribution < 1.29 is 9.53 Å². The second-order valence-corrected chi connectivity index (χ2v) is 5.96. The molecule has 1 heterocycles. The van der Waals surface area contributed by atoms with E-state index in [0.717, 1.165) is 41.2 Å². The van der Waals surface area contributed by atoms with E-state index in [1.807, 2.05) is 31.2 Å². The zero-order chi connectivity index (χ0) is 15.5. The highest BCUT2D eigenvalue weighted by molar-refractivity contribution is 6.31. The van der Waals surface area contributed by atoms with Crippen molar-refractivity contribution in [3.05, 3.63) is 51.8 Å². The monoisotopic (exact) mass is 318 g/mol. The lowest BCUT2D eigenvalue weighted by Gasteiger charge is -2.06. The number of nitrogens with one attached hydrogen (secondary N) is 1. The molecule has 1 fully saturated rings. The van der Waals surface area contributed by atoms with Crippen LogP contribution in [0.15, 0.2) is 24.3 Å². The van der Waals surface area contributed by atoms with Crippen LogP contribution in [0, 0.1) is 0 Å². The number of ether oxygens (including phenoxy) is 1. The number of aryl methyl sites for hydroxylation is 2. The van der Waals surface area contributed by atoms with Gasteiger partial charge in [0, 0.05) is 10.9 Å². The molecule has 1 saturated carbocycles. The minimum absolute atomic E-state index is 0.271. The molecule has 0 unspecified atom stereocenters. The average molecular weight is 319 g/mol. The van der Waals surface area contributed by atoms with Crippen LogP contribution in [0.2, 0.25) is 5.02 Å². The fraction of sp³-hybridized carbons (Fsp3) is 0.412. The molecule has 3 rings (SSSR count). The van der Waals surface area contributed by atoms with Crippen LogP contribution in [-0.2, 0) is 17.6 Å². The Balaban J connectivity index is 1.81. The van der Waals surface area contributed by atoms with Crippen LogP contribution in [0.25, 0.3) is 0 Å². The maximum atomic E-state index is 12.2. The van der Waals surface area contributed by atoms with E-state index in [-0.39, 0.29) is 5.97 Å². The van der Waals surface area contributed by atoms with Gasteiger partial charge in [0.05, 0.1) is 18.0 Å². The van der Waals surface area contributed by atoms with Crippen LogP contribution in [0.5, 0.6) is 0 Å². The minimum atomic E-state index is -0.271. The molecule has 2 aromatic rings. The van der Waals surface area contributed by atoms with Gasteiger partial charge in [0.15, 0.2) is 0 Å². The van der Waals surface area contributed by atoms with E-state index >= 15 is 0 Å². The van der Waals surface area contributed by atoms with Gasteiger partial charge in [0.1, 0.15) is 5.56 Å². The first kappa shape index (κ1) is 15.1. The predicted molar refractivity (Wildman–Crippen MR) is 85.4 cm³/mol. The Bertz CT molecular complexity index is 677. The van der Waals surface area contributed by atoms with E-state index in [4.69, 9.17) is 16.3 Å². The molecule has 5 heteroatoms. The van der Waals surface area contributed by atoms with Gasteiger partial charge in [0.2, 0.25) is 0 Å². The summed E-state index contributed by atoms with van der Waals surface area (Å²) < 4.78 is 5.20. The summed E-state index contributed by atoms with van der Waals surface area (Å²) in [5, 5.41) is 8.14. The fourth-order valence-electron chi connectivity index (χ4n) is 2.62. The molecule has 0 saturated heterocycles. The molecule has 1 aliphatic rings. The van der Waals surface area contributed by atoms with Crippen LogP contribution < -0.4 is 0 Å². The summed E-state index contributed by atoms with van der Waals surface area (Å²) in [7, 11) is 0. The summed E-state index contributed by atoms with van der Waals surface area (Å²) in [5.41, 5.74) is 3.42. The number of halogens is 1. The summed E-state index contributed by atoms with van der Waals surface area (Å²) in [5.74, 6) is 0.136. The normalized spacial score (nSPS) is 14.1. The van der Waals surface area contributed by atoms with Gasteiger partial charge in [0.25, 0.3) is 0 Å². The number of esters is 1. The van der Waals surface area contributed by atoms with Gasteiger partial charge < -0.3 is 4.74 Å². The fourth-order valence-corrected chi connectivity index (χ4v) is 2.85. The molecule has 4 nitrogen and oxygen atoms in total. The summed E-state index contributed by atoms with van der Waals surface area (Å²) in [6.07, 6.45) is 3.65. The predicted octanol–water partition coefficient (Wildman–Crippen LogP) is 3.90. The highest BCUT2D eigenvalue weighted by Gasteiger charge is 2.33. The Morgan fingerprint density at radius 3 is 2.82 bits per heavy atom. The van der Waals surface area contributed by atoms with Crippen LogP contribution >= 0.6 is 11.6 Å². The third kappa shape index (κ3) is 3.17. The second kappa shape index (κ2) is 6.53. The smallest absolute Gasteiger partial charge is 0.341 e. The Labute approximate surface area is 134 Å². The van der Waals surface area contributed by atoms with Gasteiger partial charge in [-0.25, -0.2) is 4.79 Å². The van der Waals surface area contributed by atoms with Gasteiger partial charge in [-0.3, -0.25) is 5.10 Å². The number of aromatic amines is 1. The third-order valence-corrected chi connectivity index (χ3v) is 4.28. The van der Waals surface area contributed by atoms with E-state index in [9.17, 15) is 4.79 Å². The molecule has 0 bridgehead atoms. The Morgan fingerprint density at radius 2 is 2.14 bits per heavy atom. The van der Waals surface area contributed by atoms with Crippen molar-refractivity contribution in [1.82, 2.24) is 10.2 Å². The van der Waals surface area contributed by atoms with E-state index < -0.39 is 0 Å². The number of aromatic nitrogens is 2.